The van der Waals surface area contributed by atoms with Gasteiger partial charge in [0, 0.05) is 12.1 Å². The lowest BCUT2D eigenvalue weighted by molar-refractivity contribution is -0.00570. The van der Waals surface area contributed by atoms with Crippen LogP contribution in [0.25, 0.3) is 0 Å². The first-order valence-corrected chi connectivity index (χ1v) is 6.99. The van der Waals surface area contributed by atoms with E-state index >= 15 is 0 Å². The van der Waals surface area contributed by atoms with Crippen molar-refractivity contribution < 1.29 is 14.7 Å². The summed E-state index contributed by atoms with van der Waals surface area (Å²) >= 11 is 5.93. The fourth-order valence-electron chi connectivity index (χ4n) is 1.92. The van der Waals surface area contributed by atoms with Crippen molar-refractivity contribution >= 4 is 11.6 Å². The van der Waals surface area contributed by atoms with Gasteiger partial charge in [-0.1, -0.05) is 35.9 Å². The molecule has 1 unspecified atom stereocenters. The lowest BCUT2D eigenvalue weighted by Crippen LogP contribution is -2.24. The van der Waals surface area contributed by atoms with Crippen molar-refractivity contribution in [3.05, 3.63) is 64.7 Å². The zero-order chi connectivity index (χ0) is 15.1. The lowest BCUT2D eigenvalue weighted by Gasteiger charge is -2.19. The van der Waals surface area contributed by atoms with Crippen molar-refractivity contribution in [2.75, 3.05) is 20.3 Å². The third-order valence-electron chi connectivity index (χ3n) is 3.02. The number of methoxy groups -OCH3 is 1. The summed E-state index contributed by atoms with van der Waals surface area (Å²) in [7, 11) is 1.63. The quantitative estimate of drug-likeness (QED) is 0.609. The molecule has 0 saturated carbocycles. The lowest BCUT2D eigenvalue weighted by atomic mass is 9.99. The summed E-state index contributed by atoms with van der Waals surface area (Å²) in [5.41, 5.74) is 5.02. The first kappa shape index (κ1) is 15.8. The molecule has 2 N–H and O–H groups in total. The normalized spacial score (nSPS) is 12.3. The highest BCUT2D eigenvalue weighted by atomic mass is 35.5. The molecule has 2 aromatic carbocycles. The minimum atomic E-state index is -0.153. The van der Waals surface area contributed by atoms with Crippen LogP contribution in [0.3, 0.4) is 0 Å². The summed E-state index contributed by atoms with van der Waals surface area (Å²) in [6, 6.07) is 14.4. The molecule has 0 aliphatic rings. The van der Waals surface area contributed by atoms with E-state index in [4.69, 9.17) is 21.2 Å². The van der Waals surface area contributed by atoms with Crippen molar-refractivity contribution in [1.82, 2.24) is 5.48 Å². The number of hydrogen-bond donors (Lipinski definition) is 2. The number of nitrogens with one attached hydrogen (secondary N) is 1. The van der Waals surface area contributed by atoms with Gasteiger partial charge in [0.15, 0.2) is 0 Å². The first-order chi connectivity index (χ1) is 10.2. The maximum atomic E-state index is 9.41. The number of hydrogen-bond acceptors (Lipinski definition) is 4. The minimum Gasteiger partial charge on any atom is -0.508 e. The molecular formula is C16H18ClNO3. The molecule has 2 rings (SSSR count). The fraction of sp³-hybridized carbons (Fsp3) is 0.250. The zero-order valence-electron chi connectivity index (χ0n) is 11.8. The van der Waals surface area contributed by atoms with E-state index in [2.05, 4.69) is 5.48 Å². The van der Waals surface area contributed by atoms with Gasteiger partial charge in [0.05, 0.1) is 19.3 Å². The molecule has 0 fully saturated rings. The molecule has 0 radical (unpaired) electrons. The number of ether oxygens (including phenoxy) is 1. The molecule has 0 heterocycles. The number of aromatic hydroxyl groups is 1. The third kappa shape index (κ3) is 4.72. The Morgan fingerprint density at radius 2 is 1.57 bits per heavy atom. The Kier molecular flexibility index (Phi) is 6.02. The number of phenolic OH excluding ortho intramolecular Hbond substituents is 1. The van der Waals surface area contributed by atoms with E-state index in [1.165, 1.54) is 0 Å². The van der Waals surface area contributed by atoms with Gasteiger partial charge in [0.1, 0.15) is 5.75 Å². The Morgan fingerprint density at radius 1 is 1.00 bits per heavy atom. The molecule has 0 bridgehead atoms. The molecule has 2 aromatic rings. The largest absolute Gasteiger partial charge is 0.508 e. The Bertz CT molecular complexity index is 497. The monoisotopic (exact) mass is 307 g/mol. The average Bonchev–Trinajstić information content (AvgIpc) is 2.50. The van der Waals surface area contributed by atoms with Crippen LogP contribution in [-0.2, 0) is 9.57 Å². The molecule has 112 valence electrons. The molecule has 1 atom stereocenters. The molecular weight excluding hydrogens is 290 g/mol. The average molecular weight is 308 g/mol. The van der Waals surface area contributed by atoms with Crippen LogP contribution in [0, 0.1) is 0 Å². The summed E-state index contributed by atoms with van der Waals surface area (Å²) in [6.07, 6.45) is 0. The Balaban J connectivity index is 2.17. The summed E-state index contributed by atoms with van der Waals surface area (Å²) in [4.78, 5) is 5.44. The summed E-state index contributed by atoms with van der Waals surface area (Å²) in [6.45, 7) is 0.953. The molecule has 0 spiro atoms. The van der Waals surface area contributed by atoms with Crippen molar-refractivity contribution in [2.24, 2.45) is 0 Å². The van der Waals surface area contributed by atoms with Gasteiger partial charge in [-0.05, 0) is 35.4 Å². The second kappa shape index (κ2) is 8.00. The number of hydroxylamine groups is 1. The van der Waals surface area contributed by atoms with Crippen molar-refractivity contribution in [3.8, 4) is 5.75 Å². The van der Waals surface area contributed by atoms with E-state index < -0.39 is 0 Å². The highest BCUT2D eigenvalue weighted by Gasteiger charge is 2.14. The number of halogens is 1. The van der Waals surface area contributed by atoms with Crippen LogP contribution in [0.2, 0.25) is 5.02 Å². The van der Waals surface area contributed by atoms with Gasteiger partial charge in [-0.15, -0.1) is 0 Å². The predicted octanol–water partition coefficient (Wildman–Crippen LogP) is 3.30. The van der Waals surface area contributed by atoms with Gasteiger partial charge in [-0.2, -0.15) is 5.48 Å². The highest BCUT2D eigenvalue weighted by Crippen LogP contribution is 2.25. The van der Waals surface area contributed by atoms with E-state index in [9.17, 15) is 5.11 Å². The Morgan fingerprint density at radius 3 is 2.14 bits per heavy atom. The predicted molar refractivity (Wildman–Crippen MR) is 82.4 cm³/mol. The molecule has 5 heteroatoms. The molecule has 0 saturated heterocycles. The molecule has 0 aliphatic carbocycles. The molecule has 0 aromatic heterocycles. The number of phenols is 1. The van der Waals surface area contributed by atoms with Gasteiger partial charge in [0.25, 0.3) is 0 Å². The SMILES string of the molecule is COCCONC(c1ccc(O)cc1)c1ccc(Cl)cc1. The van der Waals surface area contributed by atoms with Gasteiger partial charge < -0.3 is 9.84 Å². The summed E-state index contributed by atoms with van der Waals surface area (Å²) < 4.78 is 4.95. The minimum absolute atomic E-state index is 0.153. The Hall–Kier alpha value is -1.59. The van der Waals surface area contributed by atoms with Crippen LogP contribution >= 0.6 is 11.6 Å². The van der Waals surface area contributed by atoms with E-state index in [1.54, 1.807) is 19.2 Å². The third-order valence-corrected chi connectivity index (χ3v) is 3.27. The molecule has 4 nitrogen and oxygen atoms in total. The van der Waals surface area contributed by atoms with Crippen LogP contribution in [0.4, 0.5) is 0 Å². The van der Waals surface area contributed by atoms with Gasteiger partial charge in [0.2, 0.25) is 0 Å². The van der Waals surface area contributed by atoms with E-state index in [0.717, 1.165) is 11.1 Å². The number of benzene rings is 2. The fourth-order valence-corrected chi connectivity index (χ4v) is 2.04. The second-order valence-electron chi connectivity index (χ2n) is 4.54. The molecule has 21 heavy (non-hydrogen) atoms. The van der Waals surface area contributed by atoms with Crippen LogP contribution in [0.1, 0.15) is 17.2 Å². The zero-order valence-corrected chi connectivity index (χ0v) is 12.5. The van der Waals surface area contributed by atoms with Crippen molar-refractivity contribution in [3.63, 3.8) is 0 Å². The van der Waals surface area contributed by atoms with Gasteiger partial charge in [-0.25, -0.2) is 0 Å². The van der Waals surface area contributed by atoms with E-state index in [-0.39, 0.29) is 11.8 Å². The standard InChI is InChI=1S/C16H18ClNO3/c1-20-10-11-21-18-16(12-2-6-14(17)7-3-12)13-4-8-15(19)9-5-13/h2-9,16,18-19H,10-11H2,1H3. The first-order valence-electron chi connectivity index (χ1n) is 6.61. The van der Waals surface area contributed by atoms with E-state index in [1.807, 2.05) is 36.4 Å². The van der Waals surface area contributed by atoms with Crippen LogP contribution in [-0.4, -0.2) is 25.4 Å². The van der Waals surface area contributed by atoms with Crippen molar-refractivity contribution in [2.45, 2.75) is 6.04 Å². The smallest absolute Gasteiger partial charge is 0.115 e. The van der Waals surface area contributed by atoms with Crippen LogP contribution in [0.5, 0.6) is 5.75 Å². The summed E-state index contributed by atoms with van der Waals surface area (Å²) in [5, 5.41) is 10.1. The maximum absolute atomic E-state index is 9.41. The topological polar surface area (TPSA) is 50.7 Å². The van der Waals surface area contributed by atoms with E-state index in [0.29, 0.717) is 18.2 Å². The molecule has 0 amide bonds. The number of rotatable bonds is 7. The van der Waals surface area contributed by atoms with Gasteiger partial charge in [-0.3, -0.25) is 4.84 Å². The van der Waals surface area contributed by atoms with Crippen molar-refractivity contribution in [1.29, 1.82) is 0 Å². The molecule has 0 aliphatic heterocycles. The highest BCUT2D eigenvalue weighted by molar-refractivity contribution is 6.30. The van der Waals surface area contributed by atoms with Crippen LogP contribution in [0.15, 0.2) is 48.5 Å². The maximum Gasteiger partial charge on any atom is 0.115 e. The van der Waals surface area contributed by atoms with Gasteiger partial charge >= 0.3 is 0 Å². The summed E-state index contributed by atoms with van der Waals surface area (Å²) in [5.74, 6) is 0.230. The van der Waals surface area contributed by atoms with Crippen LogP contribution < -0.4 is 5.48 Å². The Labute approximate surface area is 129 Å². The second-order valence-corrected chi connectivity index (χ2v) is 4.97.